The molecule has 0 spiro atoms. The van der Waals surface area contributed by atoms with Gasteiger partial charge in [0.1, 0.15) is 12.6 Å². The van der Waals surface area contributed by atoms with Crippen LogP contribution in [0.3, 0.4) is 0 Å². The van der Waals surface area contributed by atoms with Gasteiger partial charge in [0, 0.05) is 0 Å². The molecule has 0 unspecified atom stereocenters. The van der Waals surface area contributed by atoms with Gasteiger partial charge in [-0.2, -0.15) is 0 Å². The number of carboxylic acid groups (broad SMARTS) is 1. The molecule has 1 amide bonds. The van der Waals surface area contributed by atoms with Crippen LogP contribution in [-0.2, 0) is 19.6 Å². The number of amides is 1. The third-order valence-corrected chi connectivity index (χ3v) is 4.99. The number of para-hydroxylation sites is 1. The number of aliphatic carboxylic acids is 1. The summed E-state index contributed by atoms with van der Waals surface area (Å²) in [6, 6.07) is 5.73. The highest BCUT2D eigenvalue weighted by atomic mass is 32.2. The molecule has 1 aromatic carbocycles. The molecule has 2 N–H and O–H groups in total. The predicted molar refractivity (Wildman–Crippen MR) is 92.4 cm³/mol. The summed E-state index contributed by atoms with van der Waals surface area (Å²) in [5.41, 5.74) is 1.10. The van der Waals surface area contributed by atoms with E-state index >= 15 is 0 Å². The molecule has 8 heteroatoms. The molecule has 2 atom stereocenters. The smallest absolute Gasteiger partial charge is 0.326 e. The normalized spacial score (nSPS) is 13.8. The van der Waals surface area contributed by atoms with Gasteiger partial charge in [-0.05, 0) is 24.5 Å². The highest BCUT2D eigenvalue weighted by Crippen LogP contribution is 2.21. The average molecular weight is 356 g/mol. The second-order valence-electron chi connectivity index (χ2n) is 5.83. The van der Waals surface area contributed by atoms with E-state index in [1.165, 1.54) is 0 Å². The van der Waals surface area contributed by atoms with E-state index in [-0.39, 0.29) is 5.92 Å². The van der Waals surface area contributed by atoms with Crippen LogP contribution in [0.15, 0.2) is 24.3 Å². The van der Waals surface area contributed by atoms with E-state index in [2.05, 4.69) is 5.32 Å². The molecule has 0 aromatic heterocycles. The first-order chi connectivity index (χ1) is 11.1. The first kappa shape index (κ1) is 20.0. The first-order valence-electron chi connectivity index (χ1n) is 7.63. The number of anilines is 1. The van der Waals surface area contributed by atoms with E-state index in [1.807, 2.05) is 6.92 Å². The highest BCUT2D eigenvalue weighted by Gasteiger charge is 2.28. The van der Waals surface area contributed by atoms with Crippen LogP contribution in [0.1, 0.15) is 25.8 Å². The van der Waals surface area contributed by atoms with Crippen molar-refractivity contribution in [1.82, 2.24) is 5.32 Å². The van der Waals surface area contributed by atoms with Gasteiger partial charge < -0.3 is 10.4 Å². The van der Waals surface area contributed by atoms with E-state index in [1.54, 1.807) is 38.1 Å². The lowest BCUT2D eigenvalue weighted by atomic mass is 9.99. The maximum absolute atomic E-state index is 12.2. The van der Waals surface area contributed by atoms with Gasteiger partial charge in [-0.1, -0.05) is 38.5 Å². The maximum atomic E-state index is 12.2. The summed E-state index contributed by atoms with van der Waals surface area (Å²) in [6.07, 6.45) is 1.58. The van der Waals surface area contributed by atoms with Crippen molar-refractivity contribution in [3.05, 3.63) is 29.8 Å². The van der Waals surface area contributed by atoms with E-state index in [4.69, 9.17) is 0 Å². The summed E-state index contributed by atoms with van der Waals surface area (Å²) in [5.74, 6) is -2.06. The Balaban J connectivity index is 3.02. The van der Waals surface area contributed by atoms with Crippen molar-refractivity contribution in [2.75, 3.05) is 17.1 Å². The van der Waals surface area contributed by atoms with E-state index in [0.29, 0.717) is 17.7 Å². The minimum Gasteiger partial charge on any atom is -0.480 e. The van der Waals surface area contributed by atoms with E-state index in [9.17, 15) is 23.1 Å². The zero-order chi connectivity index (χ0) is 18.5. The topological polar surface area (TPSA) is 104 Å². The first-order valence-corrected chi connectivity index (χ1v) is 9.48. The van der Waals surface area contributed by atoms with Gasteiger partial charge >= 0.3 is 5.97 Å². The summed E-state index contributed by atoms with van der Waals surface area (Å²) in [6.45, 7) is 4.81. The van der Waals surface area contributed by atoms with Crippen LogP contribution in [0.25, 0.3) is 0 Å². The van der Waals surface area contributed by atoms with Gasteiger partial charge in [0.05, 0.1) is 11.9 Å². The fraction of sp³-hybridized carbons (Fsp3) is 0.500. The Hall–Kier alpha value is -2.09. The molecule has 0 bridgehead atoms. The monoisotopic (exact) mass is 356 g/mol. The van der Waals surface area contributed by atoms with Crippen LogP contribution < -0.4 is 9.62 Å². The molecular weight excluding hydrogens is 332 g/mol. The number of sulfonamides is 1. The van der Waals surface area contributed by atoms with Crippen molar-refractivity contribution in [1.29, 1.82) is 0 Å². The molecule has 1 aromatic rings. The number of rotatable bonds is 8. The van der Waals surface area contributed by atoms with Crippen molar-refractivity contribution in [3.63, 3.8) is 0 Å². The van der Waals surface area contributed by atoms with Crippen LogP contribution in [0, 0.1) is 12.8 Å². The second-order valence-corrected chi connectivity index (χ2v) is 7.73. The Bertz CT molecular complexity index is 702. The van der Waals surface area contributed by atoms with Gasteiger partial charge in [0.25, 0.3) is 0 Å². The van der Waals surface area contributed by atoms with E-state index in [0.717, 1.165) is 10.6 Å². The second kappa shape index (κ2) is 8.14. The number of hydrogen-bond acceptors (Lipinski definition) is 4. The van der Waals surface area contributed by atoms with Gasteiger partial charge in [0.15, 0.2) is 0 Å². The lowest BCUT2D eigenvalue weighted by Gasteiger charge is -2.25. The van der Waals surface area contributed by atoms with E-state index < -0.39 is 34.5 Å². The summed E-state index contributed by atoms with van der Waals surface area (Å²) in [7, 11) is -3.69. The maximum Gasteiger partial charge on any atom is 0.326 e. The highest BCUT2D eigenvalue weighted by molar-refractivity contribution is 7.92. The molecule has 1 rings (SSSR count). The zero-order valence-electron chi connectivity index (χ0n) is 14.3. The number of carboxylic acids is 1. The largest absolute Gasteiger partial charge is 0.480 e. The molecule has 0 saturated heterocycles. The number of aryl methyl sites for hydroxylation is 1. The average Bonchev–Trinajstić information content (AvgIpc) is 2.49. The minimum absolute atomic E-state index is 0.267. The van der Waals surface area contributed by atoms with Crippen LogP contribution in [0.2, 0.25) is 0 Å². The number of carbonyl (C=O) groups excluding carboxylic acids is 1. The van der Waals surface area contributed by atoms with Crippen molar-refractivity contribution >= 4 is 27.6 Å². The lowest BCUT2D eigenvalue weighted by Crippen LogP contribution is -2.49. The quantitative estimate of drug-likeness (QED) is 0.732. The number of hydrogen-bond donors (Lipinski definition) is 2. The molecular formula is C16H24N2O5S. The number of nitrogens with zero attached hydrogens (tertiary/aromatic N) is 1. The van der Waals surface area contributed by atoms with Gasteiger partial charge in [-0.15, -0.1) is 0 Å². The Morgan fingerprint density at radius 3 is 2.33 bits per heavy atom. The van der Waals surface area contributed by atoms with Crippen LogP contribution in [-0.4, -0.2) is 44.2 Å². The molecule has 0 fully saturated rings. The Morgan fingerprint density at radius 1 is 1.29 bits per heavy atom. The standard InChI is InChI=1S/C16H24N2O5S/c1-5-11(2)15(16(20)21)17-14(19)10-18(24(4,22)23)13-9-7-6-8-12(13)3/h6-9,11,15H,5,10H2,1-4H3,(H,17,19)(H,20,21)/t11-,15-/m1/s1. The van der Waals surface area contributed by atoms with Crippen molar-refractivity contribution < 1.29 is 23.1 Å². The summed E-state index contributed by atoms with van der Waals surface area (Å²) < 4.78 is 25.1. The third-order valence-electron chi connectivity index (χ3n) is 3.87. The third kappa shape index (κ3) is 5.23. The van der Waals surface area contributed by atoms with Crippen molar-refractivity contribution in [2.24, 2.45) is 5.92 Å². The van der Waals surface area contributed by atoms with Crippen molar-refractivity contribution in [2.45, 2.75) is 33.2 Å². The molecule has 0 aliphatic heterocycles. The van der Waals surface area contributed by atoms with Crippen molar-refractivity contribution in [3.8, 4) is 0 Å². The fourth-order valence-electron chi connectivity index (χ4n) is 2.26. The van der Waals surface area contributed by atoms with Crippen LogP contribution in [0.4, 0.5) is 5.69 Å². The zero-order valence-corrected chi connectivity index (χ0v) is 15.1. The summed E-state index contributed by atoms with van der Waals surface area (Å²) >= 11 is 0. The van der Waals surface area contributed by atoms with Gasteiger partial charge in [-0.25, -0.2) is 13.2 Å². The molecule has 24 heavy (non-hydrogen) atoms. The van der Waals surface area contributed by atoms with Gasteiger partial charge in [0.2, 0.25) is 15.9 Å². The number of nitrogens with one attached hydrogen (secondary N) is 1. The number of benzene rings is 1. The Labute approximate surface area is 142 Å². The van der Waals surface area contributed by atoms with Crippen LogP contribution >= 0.6 is 0 Å². The lowest BCUT2D eigenvalue weighted by molar-refractivity contribution is -0.143. The Kier molecular flexibility index (Phi) is 6.77. The predicted octanol–water partition coefficient (Wildman–Crippen LogP) is 1.38. The van der Waals surface area contributed by atoms with Crippen LogP contribution in [0.5, 0.6) is 0 Å². The fourth-order valence-corrected chi connectivity index (χ4v) is 3.17. The summed E-state index contributed by atoms with van der Waals surface area (Å²) in [4.78, 5) is 23.5. The van der Waals surface area contributed by atoms with Gasteiger partial charge in [-0.3, -0.25) is 9.10 Å². The number of carbonyl (C=O) groups is 2. The molecule has 7 nitrogen and oxygen atoms in total. The molecule has 0 aliphatic carbocycles. The minimum atomic E-state index is -3.69. The summed E-state index contributed by atoms with van der Waals surface area (Å²) in [5, 5.41) is 11.6. The molecule has 0 heterocycles. The Morgan fingerprint density at radius 2 is 1.88 bits per heavy atom. The molecule has 0 aliphatic rings. The molecule has 134 valence electrons. The SMILES string of the molecule is CC[C@@H](C)[C@@H](NC(=O)CN(c1ccccc1C)S(C)(=O)=O)C(=O)O. The molecule has 0 saturated carbocycles. The molecule has 0 radical (unpaired) electrons.